The van der Waals surface area contributed by atoms with Crippen LogP contribution in [0.5, 0.6) is 5.75 Å². The van der Waals surface area contributed by atoms with Gasteiger partial charge in [-0.2, -0.15) is 0 Å². The fraction of sp³-hybridized carbons (Fsp3) is 0.400. The van der Waals surface area contributed by atoms with Crippen LogP contribution in [-0.4, -0.2) is 18.5 Å². The third-order valence-electron chi connectivity index (χ3n) is 3.36. The third-order valence-corrected chi connectivity index (χ3v) is 3.36. The highest BCUT2D eigenvalue weighted by Gasteiger charge is 2.11. The number of halogens is 1. The number of rotatable bonds is 9. The lowest BCUT2D eigenvalue weighted by Crippen LogP contribution is -2.13. The average Bonchev–Trinajstić information content (AvgIpc) is 2.55. The SMILES string of the molecule is CC(C)=CCC/C(C)=C\COC(=O)CCC(=O)Oc1ccccc1F. The molecule has 0 saturated heterocycles. The van der Waals surface area contributed by atoms with Crippen LogP contribution in [0.15, 0.2) is 47.6 Å². The molecule has 1 aromatic rings. The number of benzene rings is 1. The number of para-hydroxylation sites is 1. The molecule has 136 valence electrons. The molecule has 0 aliphatic rings. The van der Waals surface area contributed by atoms with Gasteiger partial charge in [-0.25, -0.2) is 4.39 Å². The first-order chi connectivity index (χ1) is 11.9. The summed E-state index contributed by atoms with van der Waals surface area (Å²) in [6.45, 7) is 6.27. The lowest BCUT2D eigenvalue weighted by atomic mass is 10.1. The van der Waals surface area contributed by atoms with E-state index in [9.17, 15) is 14.0 Å². The van der Waals surface area contributed by atoms with Crippen LogP contribution >= 0.6 is 0 Å². The number of ether oxygens (including phenoxy) is 2. The van der Waals surface area contributed by atoms with Crippen LogP contribution in [0.2, 0.25) is 0 Å². The average molecular weight is 348 g/mol. The molecule has 5 heteroatoms. The zero-order chi connectivity index (χ0) is 18.7. The maximum Gasteiger partial charge on any atom is 0.311 e. The number of hydrogen-bond donors (Lipinski definition) is 0. The van der Waals surface area contributed by atoms with E-state index in [4.69, 9.17) is 9.47 Å². The molecule has 0 amide bonds. The van der Waals surface area contributed by atoms with Crippen molar-refractivity contribution in [3.05, 3.63) is 53.4 Å². The molecule has 0 aromatic heterocycles. The summed E-state index contributed by atoms with van der Waals surface area (Å²) in [5, 5.41) is 0. The van der Waals surface area contributed by atoms with Crippen LogP contribution in [0.4, 0.5) is 4.39 Å². The van der Waals surface area contributed by atoms with Crippen LogP contribution in [0.1, 0.15) is 46.5 Å². The van der Waals surface area contributed by atoms with Crippen LogP contribution in [-0.2, 0) is 14.3 Å². The van der Waals surface area contributed by atoms with Crippen molar-refractivity contribution < 1.29 is 23.5 Å². The summed E-state index contributed by atoms with van der Waals surface area (Å²) in [7, 11) is 0. The molecule has 0 spiro atoms. The summed E-state index contributed by atoms with van der Waals surface area (Å²) in [6.07, 6.45) is 5.63. The van der Waals surface area contributed by atoms with E-state index >= 15 is 0 Å². The molecule has 0 atom stereocenters. The molecule has 1 rings (SSSR count). The van der Waals surface area contributed by atoms with Crippen LogP contribution in [0, 0.1) is 5.82 Å². The Hall–Kier alpha value is -2.43. The number of hydrogen-bond acceptors (Lipinski definition) is 4. The van der Waals surface area contributed by atoms with E-state index in [2.05, 4.69) is 19.9 Å². The molecule has 0 radical (unpaired) electrons. The first-order valence-electron chi connectivity index (χ1n) is 8.28. The minimum atomic E-state index is -0.671. The second-order valence-corrected chi connectivity index (χ2v) is 5.96. The van der Waals surface area contributed by atoms with Gasteiger partial charge in [0.1, 0.15) is 6.61 Å². The lowest BCUT2D eigenvalue weighted by molar-refractivity contribution is -0.146. The van der Waals surface area contributed by atoms with E-state index in [1.807, 2.05) is 13.0 Å². The third kappa shape index (κ3) is 9.45. The van der Waals surface area contributed by atoms with Gasteiger partial charge >= 0.3 is 11.9 Å². The Bertz CT molecular complexity index is 643. The molecule has 25 heavy (non-hydrogen) atoms. The Labute approximate surface area is 148 Å². The van der Waals surface area contributed by atoms with Gasteiger partial charge in [0, 0.05) is 0 Å². The van der Waals surface area contributed by atoms with Gasteiger partial charge in [0.05, 0.1) is 12.8 Å². The quantitative estimate of drug-likeness (QED) is 0.367. The van der Waals surface area contributed by atoms with Crippen LogP contribution in [0.3, 0.4) is 0 Å². The largest absolute Gasteiger partial charge is 0.461 e. The van der Waals surface area contributed by atoms with Crippen molar-refractivity contribution in [3.63, 3.8) is 0 Å². The van der Waals surface area contributed by atoms with Crippen molar-refractivity contribution in [2.75, 3.05) is 6.61 Å². The summed E-state index contributed by atoms with van der Waals surface area (Å²) in [5.74, 6) is -1.92. The fourth-order valence-electron chi connectivity index (χ4n) is 1.94. The van der Waals surface area contributed by atoms with Crippen LogP contribution < -0.4 is 4.74 Å². The Morgan fingerprint density at radius 2 is 1.68 bits per heavy atom. The van der Waals surface area contributed by atoms with E-state index < -0.39 is 17.8 Å². The van der Waals surface area contributed by atoms with Crippen molar-refractivity contribution in [2.24, 2.45) is 0 Å². The lowest BCUT2D eigenvalue weighted by Gasteiger charge is -2.05. The summed E-state index contributed by atoms with van der Waals surface area (Å²) in [4.78, 5) is 23.2. The van der Waals surface area contributed by atoms with Gasteiger partial charge in [-0.3, -0.25) is 9.59 Å². The highest BCUT2D eigenvalue weighted by molar-refractivity contribution is 5.79. The molecular weight excluding hydrogens is 323 g/mol. The van der Waals surface area contributed by atoms with E-state index in [-0.39, 0.29) is 25.2 Å². The van der Waals surface area contributed by atoms with Gasteiger partial charge < -0.3 is 9.47 Å². The maximum absolute atomic E-state index is 13.3. The molecule has 0 aliphatic carbocycles. The zero-order valence-corrected chi connectivity index (χ0v) is 15.0. The number of allylic oxidation sites excluding steroid dienone is 3. The Morgan fingerprint density at radius 1 is 1.00 bits per heavy atom. The Kier molecular flexibility index (Phi) is 9.22. The minimum absolute atomic E-state index is 0.0993. The maximum atomic E-state index is 13.3. The molecule has 4 nitrogen and oxygen atoms in total. The van der Waals surface area contributed by atoms with Crippen molar-refractivity contribution in [3.8, 4) is 5.75 Å². The van der Waals surface area contributed by atoms with Gasteiger partial charge in [0.2, 0.25) is 0 Å². The zero-order valence-electron chi connectivity index (χ0n) is 15.0. The van der Waals surface area contributed by atoms with E-state index in [1.165, 1.54) is 23.8 Å². The van der Waals surface area contributed by atoms with E-state index in [0.29, 0.717) is 0 Å². The first-order valence-corrected chi connectivity index (χ1v) is 8.28. The van der Waals surface area contributed by atoms with Gasteiger partial charge in [0.15, 0.2) is 11.6 Å². The molecule has 0 fully saturated rings. The van der Waals surface area contributed by atoms with Gasteiger partial charge in [-0.1, -0.05) is 29.4 Å². The highest BCUT2D eigenvalue weighted by atomic mass is 19.1. The minimum Gasteiger partial charge on any atom is -0.461 e. The molecule has 0 N–H and O–H groups in total. The monoisotopic (exact) mass is 348 g/mol. The standard InChI is InChI=1S/C20H25FO4/c1-15(2)7-6-8-16(3)13-14-24-19(22)11-12-20(23)25-18-10-5-4-9-17(18)21/h4-5,7,9-10,13H,6,8,11-12,14H2,1-3H3/b16-13-. The first kappa shape index (κ1) is 20.6. The van der Waals surface area contributed by atoms with E-state index in [0.717, 1.165) is 18.4 Å². The van der Waals surface area contributed by atoms with Gasteiger partial charge in [-0.15, -0.1) is 0 Å². The number of carbonyl (C=O) groups excluding carboxylic acids is 2. The van der Waals surface area contributed by atoms with Gasteiger partial charge in [-0.05, 0) is 51.8 Å². The topological polar surface area (TPSA) is 52.6 Å². The van der Waals surface area contributed by atoms with Crippen molar-refractivity contribution in [2.45, 2.75) is 46.5 Å². The van der Waals surface area contributed by atoms with Crippen LogP contribution in [0.25, 0.3) is 0 Å². The molecule has 0 saturated carbocycles. The predicted molar refractivity (Wildman–Crippen MR) is 94.7 cm³/mol. The Balaban J connectivity index is 2.25. The number of carbonyl (C=O) groups is 2. The van der Waals surface area contributed by atoms with Crippen molar-refractivity contribution >= 4 is 11.9 Å². The number of esters is 2. The van der Waals surface area contributed by atoms with Crippen molar-refractivity contribution in [1.29, 1.82) is 0 Å². The van der Waals surface area contributed by atoms with Crippen molar-refractivity contribution in [1.82, 2.24) is 0 Å². The summed E-state index contributed by atoms with van der Waals surface area (Å²) >= 11 is 0. The van der Waals surface area contributed by atoms with Gasteiger partial charge in [0.25, 0.3) is 0 Å². The smallest absolute Gasteiger partial charge is 0.311 e. The molecule has 0 heterocycles. The normalized spacial score (nSPS) is 11.0. The fourth-order valence-corrected chi connectivity index (χ4v) is 1.94. The summed E-state index contributed by atoms with van der Waals surface area (Å²) in [5.41, 5.74) is 2.42. The Morgan fingerprint density at radius 3 is 2.36 bits per heavy atom. The second kappa shape index (κ2) is 11.2. The molecule has 0 bridgehead atoms. The molecule has 0 unspecified atom stereocenters. The highest BCUT2D eigenvalue weighted by Crippen LogP contribution is 2.16. The molecular formula is C20H25FO4. The summed E-state index contributed by atoms with van der Waals surface area (Å²) in [6, 6.07) is 5.61. The molecule has 0 aliphatic heterocycles. The summed E-state index contributed by atoms with van der Waals surface area (Å²) < 4.78 is 23.3. The second-order valence-electron chi connectivity index (χ2n) is 5.96. The molecule has 1 aromatic carbocycles. The van der Waals surface area contributed by atoms with E-state index in [1.54, 1.807) is 6.07 Å². The predicted octanol–water partition coefficient (Wildman–Crippen LogP) is 4.75.